The largest absolute Gasteiger partial charge is 0.506 e. The SMILES string of the molecule is CS(=O)(=O)Nc1cc(C(O)C2CCCCN2)ccc1O.O=S(=O)(O)O. The number of aliphatic hydroxyl groups is 1. The minimum atomic E-state index is -4.67. The molecular weight excluding hydrogens is 376 g/mol. The Bertz CT molecular complexity index is 765. The van der Waals surface area contributed by atoms with Crippen LogP contribution in [0.3, 0.4) is 0 Å². The molecule has 1 aliphatic rings. The molecule has 25 heavy (non-hydrogen) atoms. The zero-order chi connectivity index (χ0) is 19.3. The standard InChI is InChI=1S/C13H20N2O4S.H2O4S/c1-20(18,19)15-11-8-9(5-6-12(11)16)13(17)10-4-2-3-7-14-10;1-5(2,3)4/h5-6,8,10,13-17H,2-4,7H2,1H3;(H2,1,2,3,4). The van der Waals surface area contributed by atoms with Gasteiger partial charge in [0.05, 0.1) is 18.0 Å². The summed E-state index contributed by atoms with van der Waals surface area (Å²) in [5.74, 6) is -0.164. The number of phenols is 1. The topological polar surface area (TPSA) is 173 Å². The molecule has 1 saturated heterocycles. The molecule has 1 aromatic carbocycles. The number of anilines is 1. The molecule has 2 unspecified atom stereocenters. The average Bonchev–Trinajstić information content (AvgIpc) is 2.47. The average molecular weight is 398 g/mol. The van der Waals surface area contributed by atoms with Crippen LogP contribution in [0.25, 0.3) is 0 Å². The lowest BCUT2D eigenvalue weighted by molar-refractivity contribution is 0.114. The number of hydrogen-bond donors (Lipinski definition) is 6. The van der Waals surface area contributed by atoms with E-state index in [1.807, 2.05) is 0 Å². The Kier molecular flexibility index (Phi) is 7.59. The molecule has 6 N–H and O–H groups in total. The Labute approximate surface area is 146 Å². The maximum Gasteiger partial charge on any atom is 0.394 e. The van der Waals surface area contributed by atoms with Crippen molar-refractivity contribution in [3.8, 4) is 5.75 Å². The van der Waals surface area contributed by atoms with Crippen molar-refractivity contribution in [3.63, 3.8) is 0 Å². The van der Waals surface area contributed by atoms with Gasteiger partial charge in [-0.05, 0) is 37.1 Å². The molecule has 0 bridgehead atoms. The van der Waals surface area contributed by atoms with Gasteiger partial charge in [-0.2, -0.15) is 8.42 Å². The van der Waals surface area contributed by atoms with Crippen LogP contribution in [-0.4, -0.2) is 55.0 Å². The summed E-state index contributed by atoms with van der Waals surface area (Å²) in [7, 11) is -8.14. The maximum atomic E-state index is 11.2. The summed E-state index contributed by atoms with van der Waals surface area (Å²) < 4.78 is 56.3. The van der Waals surface area contributed by atoms with Crippen LogP contribution in [0.1, 0.15) is 30.9 Å². The quantitative estimate of drug-likeness (QED) is 0.308. The second-order valence-corrected chi connectivity index (χ2v) is 8.24. The van der Waals surface area contributed by atoms with Crippen LogP contribution in [-0.2, 0) is 20.4 Å². The molecule has 144 valence electrons. The maximum absolute atomic E-state index is 11.2. The lowest BCUT2D eigenvalue weighted by Crippen LogP contribution is -2.38. The van der Waals surface area contributed by atoms with E-state index in [9.17, 15) is 18.6 Å². The fourth-order valence-electron chi connectivity index (χ4n) is 2.40. The van der Waals surface area contributed by atoms with Crippen molar-refractivity contribution in [1.82, 2.24) is 5.32 Å². The van der Waals surface area contributed by atoms with Crippen LogP contribution >= 0.6 is 0 Å². The summed E-state index contributed by atoms with van der Waals surface area (Å²) in [4.78, 5) is 0. The second-order valence-electron chi connectivity index (χ2n) is 5.60. The van der Waals surface area contributed by atoms with E-state index in [0.717, 1.165) is 32.1 Å². The zero-order valence-electron chi connectivity index (χ0n) is 13.5. The van der Waals surface area contributed by atoms with E-state index in [-0.39, 0.29) is 17.5 Å². The molecule has 12 heteroatoms. The number of nitrogens with one attached hydrogen (secondary N) is 2. The van der Waals surface area contributed by atoms with E-state index in [4.69, 9.17) is 17.5 Å². The molecule has 1 heterocycles. The van der Waals surface area contributed by atoms with Gasteiger partial charge in [-0.15, -0.1) is 0 Å². The zero-order valence-corrected chi connectivity index (χ0v) is 15.1. The van der Waals surface area contributed by atoms with Gasteiger partial charge in [0.25, 0.3) is 0 Å². The molecule has 0 spiro atoms. The second kappa shape index (κ2) is 8.78. The number of phenolic OH excluding ortho intramolecular Hbond substituents is 1. The Morgan fingerprint density at radius 1 is 1.20 bits per heavy atom. The molecule has 1 aliphatic heterocycles. The molecule has 0 saturated carbocycles. The lowest BCUT2D eigenvalue weighted by atomic mass is 9.94. The van der Waals surface area contributed by atoms with Gasteiger partial charge in [0.2, 0.25) is 10.0 Å². The highest BCUT2D eigenvalue weighted by Crippen LogP contribution is 2.30. The highest BCUT2D eigenvalue weighted by Gasteiger charge is 2.23. The smallest absolute Gasteiger partial charge is 0.394 e. The first-order valence-electron chi connectivity index (χ1n) is 7.29. The first-order chi connectivity index (χ1) is 11.4. The molecule has 0 amide bonds. The van der Waals surface area contributed by atoms with Crippen LogP contribution in [0.4, 0.5) is 5.69 Å². The van der Waals surface area contributed by atoms with Crippen LogP contribution in [0, 0.1) is 0 Å². The third-order valence-electron chi connectivity index (χ3n) is 3.39. The van der Waals surface area contributed by atoms with E-state index in [0.29, 0.717) is 5.56 Å². The Morgan fingerprint density at radius 2 is 1.80 bits per heavy atom. The van der Waals surface area contributed by atoms with Crippen molar-refractivity contribution in [2.45, 2.75) is 31.4 Å². The number of rotatable bonds is 4. The molecule has 2 atom stereocenters. The van der Waals surface area contributed by atoms with Crippen molar-refractivity contribution in [1.29, 1.82) is 0 Å². The van der Waals surface area contributed by atoms with Gasteiger partial charge in [-0.3, -0.25) is 13.8 Å². The molecule has 0 radical (unpaired) electrons. The van der Waals surface area contributed by atoms with E-state index in [1.165, 1.54) is 12.1 Å². The van der Waals surface area contributed by atoms with Crippen molar-refractivity contribution >= 4 is 26.1 Å². The summed E-state index contributed by atoms with van der Waals surface area (Å²) in [6.45, 7) is 0.869. The van der Waals surface area contributed by atoms with E-state index >= 15 is 0 Å². The number of benzene rings is 1. The third kappa shape index (κ3) is 9.00. The van der Waals surface area contributed by atoms with Gasteiger partial charge in [0.15, 0.2) is 0 Å². The highest BCUT2D eigenvalue weighted by molar-refractivity contribution is 7.92. The molecule has 1 aromatic rings. The van der Waals surface area contributed by atoms with Crippen LogP contribution in [0.15, 0.2) is 18.2 Å². The predicted molar refractivity (Wildman–Crippen MR) is 91.4 cm³/mol. The van der Waals surface area contributed by atoms with Gasteiger partial charge in [-0.1, -0.05) is 12.5 Å². The van der Waals surface area contributed by atoms with Crippen LogP contribution < -0.4 is 10.0 Å². The van der Waals surface area contributed by atoms with E-state index < -0.39 is 26.5 Å². The summed E-state index contributed by atoms with van der Waals surface area (Å²) in [5, 5.41) is 23.3. The number of sulfonamides is 1. The number of hydrogen-bond acceptors (Lipinski definition) is 7. The number of aliphatic hydroxyl groups excluding tert-OH is 1. The first-order valence-corrected chi connectivity index (χ1v) is 10.6. The van der Waals surface area contributed by atoms with Crippen molar-refractivity contribution in [2.75, 3.05) is 17.5 Å². The lowest BCUT2D eigenvalue weighted by Gasteiger charge is -2.28. The van der Waals surface area contributed by atoms with Gasteiger partial charge in [-0.25, -0.2) is 8.42 Å². The fraction of sp³-hybridized carbons (Fsp3) is 0.538. The van der Waals surface area contributed by atoms with E-state index in [2.05, 4.69) is 10.0 Å². The highest BCUT2D eigenvalue weighted by atomic mass is 32.3. The molecule has 10 nitrogen and oxygen atoms in total. The van der Waals surface area contributed by atoms with Gasteiger partial charge in [0.1, 0.15) is 5.75 Å². The first kappa shape index (κ1) is 21.6. The Balaban J connectivity index is 0.000000550. The third-order valence-corrected chi connectivity index (χ3v) is 3.98. The van der Waals surface area contributed by atoms with Crippen molar-refractivity contribution in [3.05, 3.63) is 23.8 Å². The number of piperidine rings is 1. The van der Waals surface area contributed by atoms with Crippen LogP contribution in [0.2, 0.25) is 0 Å². The van der Waals surface area contributed by atoms with Gasteiger partial charge < -0.3 is 15.5 Å². The van der Waals surface area contributed by atoms with E-state index in [1.54, 1.807) is 6.07 Å². The fourth-order valence-corrected chi connectivity index (χ4v) is 2.96. The molecular formula is C13H22N2O8S2. The van der Waals surface area contributed by atoms with Crippen LogP contribution in [0.5, 0.6) is 5.75 Å². The summed E-state index contributed by atoms with van der Waals surface area (Å²) in [6.07, 6.45) is 3.31. The summed E-state index contributed by atoms with van der Waals surface area (Å²) in [6, 6.07) is 4.41. The molecule has 2 rings (SSSR count). The monoisotopic (exact) mass is 398 g/mol. The summed E-state index contributed by atoms with van der Waals surface area (Å²) >= 11 is 0. The van der Waals surface area contributed by atoms with Gasteiger partial charge in [0, 0.05) is 6.04 Å². The summed E-state index contributed by atoms with van der Waals surface area (Å²) in [5.41, 5.74) is 0.660. The predicted octanol–water partition coefficient (Wildman–Crippen LogP) is 0.286. The Morgan fingerprint density at radius 3 is 2.28 bits per heavy atom. The minimum Gasteiger partial charge on any atom is -0.506 e. The number of aromatic hydroxyl groups is 1. The Hall–Kier alpha value is -1.44. The van der Waals surface area contributed by atoms with Gasteiger partial charge >= 0.3 is 10.4 Å². The molecule has 0 aromatic heterocycles. The molecule has 1 fully saturated rings. The normalized spacial score (nSPS) is 19.4. The van der Waals surface area contributed by atoms with Crippen molar-refractivity contribution in [2.24, 2.45) is 0 Å². The van der Waals surface area contributed by atoms with Crippen molar-refractivity contribution < 1.29 is 36.2 Å². The minimum absolute atomic E-state index is 0.0422. The molecule has 0 aliphatic carbocycles.